The van der Waals surface area contributed by atoms with Crippen LogP contribution in [-0.4, -0.2) is 36.9 Å². The first kappa shape index (κ1) is 16.8. The van der Waals surface area contributed by atoms with Crippen LogP contribution in [0.3, 0.4) is 0 Å². The Kier molecular flexibility index (Phi) is 3.24. The molecule has 0 amide bonds. The maximum absolute atomic E-state index is 13.0. The lowest BCUT2D eigenvalue weighted by Gasteiger charge is -2.58. The highest BCUT2D eigenvalue weighted by Gasteiger charge is 2.65. The zero-order valence-corrected chi connectivity index (χ0v) is 16.4. The zero-order chi connectivity index (χ0) is 18.7. The molecule has 1 aliphatic heterocycles. The van der Waals surface area contributed by atoms with Crippen LogP contribution >= 0.6 is 0 Å². The standard InChI is InChI=1S/C23H30O5/c24-20-15-6-14-7-22(8-15,9-19(14)20)21(25)26-10-18-11-27-23(28-18)16-2-12-1-13(4-16)5-17(23)3-12/h12-19H,1-11H2. The van der Waals surface area contributed by atoms with Crippen molar-refractivity contribution in [3.63, 3.8) is 0 Å². The molecule has 0 aromatic carbocycles. The van der Waals surface area contributed by atoms with Gasteiger partial charge in [0.1, 0.15) is 18.5 Å². The largest absolute Gasteiger partial charge is 0.462 e. The van der Waals surface area contributed by atoms with E-state index in [2.05, 4.69) is 0 Å². The van der Waals surface area contributed by atoms with Crippen LogP contribution in [0.5, 0.6) is 0 Å². The van der Waals surface area contributed by atoms with Crippen molar-refractivity contribution >= 4 is 11.8 Å². The van der Waals surface area contributed by atoms with Gasteiger partial charge >= 0.3 is 5.97 Å². The highest BCUT2D eigenvalue weighted by atomic mass is 16.8. The molecule has 28 heavy (non-hydrogen) atoms. The summed E-state index contributed by atoms with van der Waals surface area (Å²) >= 11 is 0. The molecule has 5 nitrogen and oxygen atoms in total. The van der Waals surface area contributed by atoms with Gasteiger partial charge in [-0.25, -0.2) is 0 Å². The summed E-state index contributed by atoms with van der Waals surface area (Å²) in [5, 5.41) is 0. The molecule has 9 fully saturated rings. The average molecular weight is 386 g/mol. The number of hydrogen-bond acceptors (Lipinski definition) is 5. The number of ether oxygens (including phenoxy) is 3. The second-order valence-electron chi connectivity index (χ2n) is 11.3. The number of ketones is 1. The molecule has 1 heterocycles. The molecule has 0 radical (unpaired) electrons. The van der Waals surface area contributed by atoms with Crippen molar-refractivity contribution in [2.75, 3.05) is 13.2 Å². The maximum Gasteiger partial charge on any atom is 0.312 e. The second-order valence-corrected chi connectivity index (χ2v) is 11.3. The Balaban J connectivity index is 1.01. The van der Waals surface area contributed by atoms with Gasteiger partial charge in [-0.3, -0.25) is 9.59 Å². The molecule has 5 heteroatoms. The van der Waals surface area contributed by atoms with Crippen LogP contribution in [0, 0.1) is 46.8 Å². The van der Waals surface area contributed by atoms with Crippen LogP contribution in [0.25, 0.3) is 0 Å². The van der Waals surface area contributed by atoms with Gasteiger partial charge in [-0.15, -0.1) is 0 Å². The summed E-state index contributed by atoms with van der Waals surface area (Å²) < 4.78 is 18.7. The molecule has 8 bridgehead atoms. The van der Waals surface area contributed by atoms with E-state index in [-0.39, 0.29) is 35.1 Å². The van der Waals surface area contributed by atoms with Crippen LogP contribution in [-0.2, 0) is 23.8 Å². The minimum atomic E-state index is -0.389. The predicted octanol–water partition coefficient (Wildman–Crippen LogP) is 3.10. The fourth-order valence-corrected chi connectivity index (χ4v) is 8.98. The average Bonchev–Trinajstić information content (AvgIpc) is 3.29. The Morgan fingerprint density at radius 2 is 1.75 bits per heavy atom. The van der Waals surface area contributed by atoms with E-state index in [0.717, 1.165) is 37.5 Å². The summed E-state index contributed by atoms with van der Waals surface area (Å²) in [4.78, 5) is 25.3. The fraction of sp³-hybridized carbons (Fsp3) is 0.913. The van der Waals surface area contributed by atoms with E-state index < -0.39 is 0 Å². The van der Waals surface area contributed by atoms with E-state index in [9.17, 15) is 9.59 Å². The third-order valence-electron chi connectivity index (χ3n) is 9.78. The van der Waals surface area contributed by atoms with Crippen molar-refractivity contribution in [1.82, 2.24) is 0 Å². The van der Waals surface area contributed by atoms with E-state index in [1.165, 1.54) is 32.1 Å². The molecule has 8 saturated carbocycles. The molecule has 8 aliphatic carbocycles. The van der Waals surface area contributed by atoms with Gasteiger partial charge < -0.3 is 14.2 Å². The lowest BCUT2D eigenvalue weighted by atomic mass is 9.53. The number of esters is 1. The van der Waals surface area contributed by atoms with Crippen molar-refractivity contribution < 1.29 is 23.8 Å². The highest BCUT2D eigenvalue weighted by Crippen LogP contribution is 2.63. The topological polar surface area (TPSA) is 61.8 Å². The first-order chi connectivity index (χ1) is 13.5. The lowest BCUT2D eigenvalue weighted by molar-refractivity contribution is -0.295. The summed E-state index contributed by atoms with van der Waals surface area (Å²) in [6, 6.07) is 0. The Hall–Kier alpha value is -0.940. The fourth-order valence-electron chi connectivity index (χ4n) is 8.98. The van der Waals surface area contributed by atoms with E-state index in [1.807, 2.05) is 0 Å². The number of hydrogen-bond donors (Lipinski definition) is 0. The third-order valence-corrected chi connectivity index (χ3v) is 9.78. The first-order valence-corrected chi connectivity index (χ1v) is 11.6. The molecule has 9 rings (SSSR count). The SMILES string of the molecule is O=C1C2CC3CC(C(=O)OCC4COC5(O4)C4CC6CC(C4)CC5C6)(C2)CC13. The summed E-state index contributed by atoms with van der Waals surface area (Å²) in [6.45, 7) is 0.859. The van der Waals surface area contributed by atoms with Crippen LogP contribution in [0.4, 0.5) is 0 Å². The molecule has 5 unspecified atom stereocenters. The molecule has 0 N–H and O–H groups in total. The minimum absolute atomic E-state index is 0.0770. The quantitative estimate of drug-likeness (QED) is 0.698. The van der Waals surface area contributed by atoms with Gasteiger partial charge in [0.15, 0.2) is 5.79 Å². The monoisotopic (exact) mass is 386 g/mol. The molecular weight excluding hydrogens is 356 g/mol. The number of Topliss-reactive ketones (excluding diaryl/α,β-unsaturated/α-hetero) is 1. The number of carbonyl (C=O) groups is 2. The Bertz CT molecular complexity index is 713. The lowest BCUT2D eigenvalue weighted by Crippen LogP contribution is -2.58. The third kappa shape index (κ3) is 2.05. The van der Waals surface area contributed by atoms with Gasteiger partial charge in [0, 0.05) is 23.7 Å². The van der Waals surface area contributed by atoms with Gasteiger partial charge in [-0.1, -0.05) is 0 Å². The van der Waals surface area contributed by atoms with Crippen LogP contribution in [0.1, 0.15) is 57.8 Å². The van der Waals surface area contributed by atoms with Gasteiger partial charge in [-0.2, -0.15) is 0 Å². The van der Waals surface area contributed by atoms with Gasteiger partial charge in [0.25, 0.3) is 0 Å². The van der Waals surface area contributed by atoms with Crippen molar-refractivity contribution in [2.24, 2.45) is 46.8 Å². The molecule has 0 aromatic rings. The molecule has 152 valence electrons. The van der Waals surface area contributed by atoms with E-state index in [1.54, 1.807) is 0 Å². The molecule has 1 saturated heterocycles. The number of rotatable bonds is 3. The Labute approximate surface area is 165 Å². The minimum Gasteiger partial charge on any atom is -0.462 e. The van der Waals surface area contributed by atoms with Crippen molar-refractivity contribution in [2.45, 2.75) is 69.7 Å². The summed E-state index contributed by atoms with van der Waals surface area (Å²) in [5.74, 6) is 3.47. The van der Waals surface area contributed by atoms with Gasteiger partial charge in [0.05, 0.1) is 12.0 Å². The summed E-state index contributed by atoms with van der Waals surface area (Å²) in [7, 11) is 0. The highest BCUT2D eigenvalue weighted by molar-refractivity contribution is 5.91. The molecule has 5 atom stereocenters. The van der Waals surface area contributed by atoms with Gasteiger partial charge in [-0.05, 0) is 75.5 Å². The van der Waals surface area contributed by atoms with E-state index in [4.69, 9.17) is 14.2 Å². The Morgan fingerprint density at radius 1 is 1.00 bits per heavy atom. The normalized spacial score (nSPS) is 57.6. The van der Waals surface area contributed by atoms with Crippen LogP contribution in [0.2, 0.25) is 0 Å². The smallest absolute Gasteiger partial charge is 0.312 e. The molecule has 9 aliphatic rings. The summed E-state index contributed by atoms with van der Waals surface area (Å²) in [5.41, 5.74) is -0.383. The number of carbonyl (C=O) groups excluding carboxylic acids is 2. The van der Waals surface area contributed by atoms with E-state index in [0.29, 0.717) is 36.8 Å². The van der Waals surface area contributed by atoms with Crippen molar-refractivity contribution in [3.05, 3.63) is 0 Å². The Morgan fingerprint density at radius 3 is 2.43 bits per heavy atom. The van der Waals surface area contributed by atoms with E-state index >= 15 is 0 Å². The predicted molar refractivity (Wildman–Crippen MR) is 97.9 cm³/mol. The van der Waals surface area contributed by atoms with Crippen molar-refractivity contribution in [1.29, 1.82) is 0 Å². The maximum atomic E-state index is 13.0. The molecule has 1 spiro atoms. The first-order valence-electron chi connectivity index (χ1n) is 11.6. The zero-order valence-electron chi connectivity index (χ0n) is 16.4. The van der Waals surface area contributed by atoms with Crippen LogP contribution in [0.15, 0.2) is 0 Å². The van der Waals surface area contributed by atoms with Crippen LogP contribution < -0.4 is 0 Å². The second kappa shape index (κ2) is 5.40. The molecule has 0 aromatic heterocycles. The van der Waals surface area contributed by atoms with Gasteiger partial charge in [0.2, 0.25) is 0 Å². The molecular formula is C23H30O5. The van der Waals surface area contributed by atoms with Crippen molar-refractivity contribution in [3.8, 4) is 0 Å². The summed E-state index contributed by atoms with van der Waals surface area (Å²) in [6.07, 6.45) is 9.60.